The SMILES string of the molecule is N#CCC(C1CC1)n1nc(Nc2ccc(C(O)C(F)(F)F)c(Cl)c2)c2c(=O)[nH]ccc21. The quantitative estimate of drug-likeness (QED) is 0.508. The number of alkyl halides is 3. The molecule has 1 aliphatic rings. The largest absolute Gasteiger partial charge is 0.418 e. The Morgan fingerprint density at radius 2 is 2.13 bits per heavy atom. The number of rotatable bonds is 6. The van der Waals surface area contributed by atoms with Crippen LogP contribution in [0.1, 0.15) is 37.0 Å². The first kappa shape index (κ1) is 21.2. The van der Waals surface area contributed by atoms with Gasteiger partial charge in [-0.15, -0.1) is 0 Å². The van der Waals surface area contributed by atoms with Crippen molar-refractivity contribution < 1.29 is 18.3 Å². The Labute approximate surface area is 179 Å². The van der Waals surface area contributed by atoms with Gasteiger partial charge in [-0.25, -0.2) is 0 Å². The number of aromatic nitrogens is 3. The van der Waals surface area contributed by atoms with Gasteiger partial charge in [0.2, 0.25) is 0 Å². The minimum atomic E-state index is -4.85. The summed E-state index contributed by atoms with van der Waals surface area (Å²) in [5.41, 5.74) is -0.0291. The van der Waals surface area contributed by atoms with E-state index in [4.69, 9.17) is 11.6 Å². The van der Waals surface area contributed by atoms with Gasteiger partial charge >= 0.3 is 6.18 Å². The number of nitrogens with zero attached hydrogens (tertiary/aromatic N) is 3. The number of anilines is 2. The van der Waals surface area contributed by atoms with E-state index in [9.17, 15) is 28.3 Å². The Morgan fingerprint density at radius 3 is 2.74 bits per heavy atom. The highest BCUT2D eigenvalue weighted by Gasteiger charge is 2.40. The second-order valence-corrected chi connectivity index (χ2v) is 7.84. The molecule has 4 rings (SSSR count). The zero-order valence-electron chi connectivity index (χ0n) is 15.9. The first-order chi connectivity index (χ1) is 14.7. The summed E-state index contributed by atoms with van der Waals surface area (Å²) in [4.78, 5) is 15.1. The Kier molecular flexibility index (Phi) is 5.41. The third-order valence-electron chi connectivity index (χ3n) is 5.28. The molecule has 1 saturated carbocycles. The van der Waals surface area contributed by atoms with Gasteiger partial charge in [-0.2, -0.15) is 23.5 Å². The van der Waals surface area contributed by atoms with Crippen LogP contribution in [0.5, 0.6) is 0 Å². The van der Waals surface area contributed by atoms with Crippen LogP contribution in [0, 0.1) is 17.2 Å². The third kappa shape index (κ3) is 4.11. The van der Waals surface area contributed by atoms with Crippen molar-refractivity contribution in [3.8, 4) is 6.07 Å². The molecular formula is C20H17ClF3N5O2. The lowest BCUT2D eigenvalue weighted by Crippen LogP contribution is -2.20. The van der Waals surface area contributed by atoms with Gasteiger partial charge in [-0.3, -0.25) is 9.48 Å². The lowest BCUT2D eigenvalue weighted by molar-refractivity contribution is -0.206. The van der Waals surface area contributed by atoms with Crippen LogP contribution in [0.3, 0.4) is 0 Å². The van der Waals surface area contributed by atoms with Crippen LogP contribution in [-0.2, 0) is 0 Å². The van der Waals surface area contributed by atoms with E-state index >= 15 is 0 Å². The molecule has 0 bridgehead atoms. The number of aliphatic hydroxyl groups is 1. The van der Waals surface area contributed by atoms with Crippen LogP contribution in [-0.4, -0.2) is 26.0 Å². The number of hydrogen-bond donors (Lipinski definition) is 3. The van der Waals surface area contributed by atoms with E-state index < -0.39 is 23.4 Å². The number of aromatic amines is 1. The topological polar surface area (TPSA) is 107 Å². The monoisotopic (exact) mass is 451 g/mol. The highest BCUT2D eigenvalue weighted by atomic mass is 35.5. The van der Waals surface area contributed by atoms with Gasteiger partial charge in [0.25, 0.3) is 5.56 Å². The Balaban J connectivity index is 1.73. The maximum atomic E-state index is 12.8. The molecule has 2 aromatic heterocycles. The molecule has 162 valence electrons. The summed E-state index contributed by atoms with van der Waals surface area (Å²) in [5, 5.41) is 26.1. The van der Waals surface area contributed by atoms with E-state index in [-0.39, 0.29) is 28.7 Å². The molecule has 11 heteroatoms. The molecule has 2 unspecified atom stereocenters. The number of hydrogen-bond acceptors (Lipinski definition) is 5. The first-order valence-corrected chi connectivity index (χ1v) is 9.86. The number of aliphatic hydroxyl groups excluding tert-OH is 1. The third-order valence-corrected chi connectivity index (χ3v) is 5.61. The smallest absolute Gasteiger partial charge is 0.379 e. The zero-order chi connectivity index (χ0) is 22.3. The fourth-order valence-electron chi connectivity index (χ4n) is 3.61. The fourth-order valence-corrected chi connectivity index (χ4v) is 3.89. The molecular weight excluding hydrogens is 435 g/mol. The summed E-state index contributed by atoms with van der Waals surface area (Å²) in [6, 6.07) is 7.27. The summed E-state index contributed by atoms with van der Waals surface area (Å²) in [6.45, 7) is 0. The minimum absolute atomic E-state index is 0.183. The summed E-state index contributed by atoms with van der Waals surface area (Å²) >= 11 is 5.96. The highest BCUT2D eigenvalue weighted by Crippen LogP contribution is 2.43. The average Bonchev–Trinajstić information content (AvgIpc) is 3.48. The Morgan fingerprint density at radius 1 is 1.39 bits per heavy atom. The van der Waals surface area contributed by atoms with Crippen LogP contribution in [0.25, 0.3) is 10.9 Å². The van der Waals surface area contributed by atoms with Crippen molar-refractivity contribution in [3.05, 3.63) is 51.4 Å². The van der Waals surface area contributed by atoms with Crippen molar-refractivity contribution in [2.24, 2.45) is 5.92 Å². The molecule has 0 radical (unpaired) electrons. The van der Waals surface area contributed by atoms with Crippen molar-refractivity contribution in [1.29, 1.82) is 5.26 Å². The molecule has 0 saturated heterocycles. The van der Waals surface area contributed by atoms with Crippen LogP contribution in [0.4, 0.5) is 24.7 Å². The fraction of sp³-hybridized carbons (Fsp3) is 0.350. The van der Waals surface area contributed by atoms with E-state index in [1.807, 2.05) is 0 Å². The lowest BCUT2D eigenvalue weighted by atomic mass is 10.1. The molecule has 3 aromatic rings. The molecule has 2 heterocycles. The average molecular weight is 452 g/mol. The van der Waals surface area contributed by atoms with Crippen LogP contribution in [0.2, 0.25) is 5.02 Å². The van der Waals surface area contributed by atoms with Crippen molar-refractivity contribution in [1.82, 2.24) is 14.8 Å². The minimum Gasteiger partial charge on any atom is -0.379 e. The standard InChI is InChI=1S/C20H17ClF3N5O2/c21-13-9-11(3-4-12(13)17(30)20(22,23)24)27-18-16-15(6-8-26-19(16)31)29(28-18)14(5-7-25)10-1-2-10/h3-4,6,8-10,14,17,30H,1-2,5H2,(H,26,31)(H,27,28). The normalized spacial score (nSPS) is 16.1. The van der Waals surface area contributed by atoms with Gasteiger partial charge in [-0.05, 0) is 37.0 Å². The summed E-state index contributed by atoms with van der Waals surface area (Å²) < 4.78 is 40.0. The maximum absolute atomic E-state index is 12.8. The number of nitriles is 1. The van der Waals surface area contributed by atoms with Gasteiger partial charge < -0.3 is 15.4 Å². The van der Waals surface area contributed by atoms with Crippen molar-refractivity contribution in [3.63, 3.8) is 0 Å². The van der Waals surface area contributed by atoms with E-state index in [0.717, 1.165) is 18.9 Å². The van der Waals surface area contributed by atoms with E-state index in [0.29, 0.717) is 17.1 Å². The molecule has 1 fully saturated rings. The summed E-state index contributed by atoms with van der Waals surface area (Å²) in [7, 11) is 0. The Hall–Kier alpha value is -3.03. The van der Waals surface area contributed by atoms with Gasteiger partial charge in [0, 0.05) is 22.5 Å². The predicted octanol–water partition coefficient (Wildman–Crippen LogP) is 4.58. The number of halogens is 4. The van der Waals surface area contributed by atoms with E-state index in [1.165, 1.54) is 18.3 Å². The second-order valence-electron chi connectivity index (χ2n) is 7.43. The van der Waals surface area contributed by atoms with E-state index in [1.54, 1.807) is 10.7 Å². The number of nitrogens with one attached hydrogen (secondary N) is 2. The second kappa shape index (κ2) is 7.90. The molecule has 3 N–H and O–H groups in total. The molecule has 1 aromatic carbocycles. The molecule has 0 aliphatic heterocycles. The van der Waals surface area contributed by atoms with Crippen molar-refractivity contribution in [2.45, 2.75) is 37.6 Å². The van der Waals surface area contributed by atoms with Crippen LogP contribution < -0.4 is 10.9 Å². The van der Waals surface area contributed by atoms with Gasteiger partial charge in [0.1, 0.15) is 5.39 Å². The lowest BCUT2D eigenvalue weighted by Gasteiger charge is -2.17. The molecule has 2 atom stereocenters. The first-order valence-electron chi connectivity index (χ1n) is 9.48. The number of fused-ring (bicyclic) bond motifs is 1. The highest BCUT2D eigenvalue weighted by molar-refractivity contribution is 6.31. The van der Waals surface area contributed by atoms with Gasteiger partial charge in [0.15, 0.2) is 11.9 Å². The molecule has 7 nitrogen and oxygen atoms in total. The predicted molar refractivity (Wildman–Crippen MR) is 108 cm³/mol. The van der Waals surface area contributed by atoms with Crippen molar-refractivity contribution >= 4 is 34.0 Å². The molecule has 1 aliphatic carbocycles. The Bertz CT molecular complexity index is 1230. The van der Waals surface area contributed by atoms with E-state index in [2.05, 4.69) is 21.5 Å². The number of benzene rings is 1. The zero-order valence-corrected chi connectivity index (χ0v) is 16.7. The maximum Gasteiger partial charge on any atom is 0.418 e. The molecule has 0 spiro atoms. The van der Waals surface area contributed by atoms with Crippen LogP contribution >= 0.6 is 11.6 Å². The number of H-pyrrole nitrogens is 1. The molecule has 31 heavy (non-hydrogen) atoms. The van der Waals surface area contributed by atoms with Crippen LogP contribution in [0.15, 0.2) is 35.3 Å². The summed E-state index contributed by atoms with van der Waals surface area (Å²) in [5.74, 6) is 0.494. The summed E-state index contributed by atoms with van der Waals surface area (Å²) in [6.07, 6.45) is -3.88. The van der Waals surface area contributed by atoms with Crippen molar-refractivity contribution in [2.75, 3.05) is 5.32 Å². The number of pyridine rings is 1. The van der Waals surface area contributed by atoms with Gasteiger partial charge in [0.05, 0.1) is 24.0 Å². The van der Waals surface area contributed by atoms with Gasteiger partial charge in [-0.1, -0.05) is 17.7 Å². The molecule has 0 amide bonds.